The number of esters is 1. The van der Waals surface area contributed by atoms with Crippen LogP contribution in [-0.2, 0) is 4.79 Å². The third-order valence-electron chi connectivity index (χ3n) is 4.48. The quantitative estimate of drug-likeness (QED) is 0.455. The molecule has 0 N–H and O–H groups in total. The number of hydrogen-bond acceptors (Lipinski definition) is 4. The lowest BCUT2D eigenvalue weighted by molar-refractivity contribution is -0.136. The van der Waals surface area contributed by atoms with Gasteiger partial charge in [-0.2, -0.15) is 0 Å². The van der Waals surface area contributed by atoms with Gasteiger partial charge in [-0.15, -0.1) is 0 Å². The summed E-state index contributed by atoms with van der Waals surface area (Å²) < 4.78 is 10.9. The van der Waals surface area contributed by atoms with Crippen molar-refractivity contribution in [1.29, 1.82) is 0 Å². The van der Waals surface area contributed by atoms with Crippen LogP contribution in [0.2, 0.25) is 0 Å². The molecule has 0 fully saturated rings. The van der Waals surface area contributed by atoms with Gasteiger partial charge in [-0.25, -0.2) is 4.79 Å². The Kier molecular flexibility index (Phi) is 6.27. The molecule has 0 aliphatic rings. The maximum atomic E-state index is 12.3. The molecule has 5 heteroatoms. The first kappa shape index (κ1) is 19.4. The van der Waals surface area contributed by atoms with E-state index in [1.807, 2.05) is 50.2 Å². The summed E-state index contributed by atoms with van der Waals surface area (Å²) in [6.07, 6.45) is 0. The Hall–Kier alpha value is -3.34. The van der Waals surface area contributed by atoms with Gasteiger partial charge in [0.2, 0.25) is 0 Å². The van der Waals surface area contributed by atoms with Crippen LogP contribution < -0.4 is 9.47 Å². The predicted octanol–water partition coefficient (Wildman–Crippen LogP) is 4.31. The number of benzene rings is 3. The largest absolute Gasteiger partial charge is 0.482 e. The zero-order valence-corrected chi connectivity index (χ0v) is 16.1. The van der Waals surface area contributed by atoms with Crippen molar-refractivity contribution in [2.24, 2.45) is 0 Å². The maximum absolute atomic E-state index is 12.3. The fourth-order valence-corrected chi connectivity index (χ4v) is 2.97. The second-order valence-corrected chi connectivity index (χ2v) is 6.24. The van der Waals surface area contributed by atoms with Gasteiger partial charge < -0.3 is 14.4 Å². The molecule has 0 spiro atoms. The zero-order chi connectivity index (χ0) is 19.9. The first-order valence-corrected chi connectivity index (χ1v) is 9.33. The smallest absolute Gasteiger partial charge is 0.349 e. The first-order valence-electron chi connectivity index (χ1n) is 9.33. The molecule has 28 heavy (non-hydrogen) atoms. The van der Waals surface area contributed by atoms with Crippen molar-refractivity contribution in [3.05, 3.63) is 72.3 Å². The molecule has 0 aliphatic heterocycles. The summed E-state index contributed by atoms with van der Waals surface area (Å²) in [7, 11) is 0. The lowest BCUT2D eigenvalue weighted by Gasteiger charge is -2.18. The highest BCUT2D eigenvalue weighted by Gasteiger charge is 2.13. The van der Waals surface area contributed by atoms with Crippen LogP contribution >= 0.6 is 0 Å². The van der Waals surface area contributed by atoms with Crippen LogP contribution in [0.1, 0.15) is 24.2 Å². The average Bonchev–Trinajstić information content (AvgIpc) is 2.74. The monoisotopic (exact) mass is 377 g/mol. The normalized spacial score (nSPS) is 10.5. The minimum Gasteiger partial charge on any atom is -0.482 e. The van der Waals surface area contributed by atoms with Gasteiger partial charge in [-0.05, 0) is 49.6 Å². The number of carbonyl (C=O) groups is 2. The number of hydrogen-bond donors (Lipinski definition) is 0. The van der Waals surface area contributed by atoms with Crippen molar-refractivity contribution in [3.8, 4) is 11.5 Å². The Balaban J connectivity index is 1.59. The van der Waals surface area contributed by atoms with Crippen LogP contribution in [0.25, 0.3) is 10.8 Å². The molecular weight excluding hydrogens is 354 g/mol. The molecule has 3 aromatic carbocycles. The van der Waals surface area contributed by atoms with Gasteiger partial charge in [0.15, 0.2) is 6.61 Å². The number of ether oxygens (including phenoxy) is 2. The topological polar surface area (TPSA) is 55.8 Å². The third-order valence-corrected chi connectivity index (χ3v) is 4.48. The summed E-state index contributed by atoms with van der Waals surface area (Å²) in [4.78, 5) is 26.2. The highest BCUT2D eigenvalue weighted by molar-refractivity contribution is 5.94. The summed E-state index contributed by atoms with van der Waals surface area (Å²) in [5.74, 6) is 0.504. The minimum atomic E-state index is -0.486. The first-order chi connectivity index (χ1) is 13.6. The fourth-order valence-electron chi connectivity index (χ4n) is 2.97. The Labute approximate surface area is 164 Å². The van der Waals surface area contributed by atoms with Crippen LogP contribution in [0.15, 0.2) is 66.7 Å². The maximum Gasteiger partial charge on any atom is 0.349 e. The lowest BCUT2D eigenvalue weighted by Crippen LogP contribution is -2.30. The van der Waals surface area contributed by atoms with Crippen molar-refractivity contribution in [2.75, 3.05) is 19.7 Å². The van der Waals surface area contributed by atoms with E-state index in [0.717, 1.165) is 10.8 Å². The second kappa shape index (κ2) is 9.04. The molecule has 0 atom stereocenters. The molecule has 0 bridgehead atoms. The van der Waals surface area contributed by atoms with Gasteiger partial charge in [0, 0.05) is 24.0 Å². The molecule has 0 unspecified atom stereocenters. The highest BCUT2D eigenvalue weighted by atomic mass is 16.6. The number of amides is 1. The average molecular weight is 377 g/mol. The summed E-state index contributed by atoms with van der Waals surface area (Å²) in [6, 6.07) is 20.0. The highest BCUT2D eigenvalue weighted by Crippen LogP contribution is 2.25. The van der Waals surface area contributed by atoms with Crippen LogP contribution in [0.4, 0.5) is 0 Å². The van der Waals surface area contributed by atoms with Crippen molar-refractivity contribution < 1.29 is 19.1 Å². The predicted molar refractivity (Wildman–Crippen MR) is 109 cm³/mol. The molecule has 0 aliphatic carbocycles. The zero-order valence-electron chi connectivity index (χ0n) is 16.1. The molecule has 1 amide bonds. The molecule has 0 heterocycles. The van der Waals surface area contributed by atoms with E-state index in [0.29, 0.717) is 30.2 Å². The van der Waals surface area contributed by atoms with Crippen LogP contribution in [0.5, 0.6) is 11.5 Å². The van der Waals surface area contributed by atoms with Crippen LogP contribution in [0, 0.1) is 0 Å². The van der Waals surface area contributed by atoms with Crippen molar-refractivity contribution in [2.45, 2.75) is 13.8 Å². The van der Waals surface area contributed by atoms with E-state index < -0.39 is 5.97 Å². The standard InChI is InChI=1S/C23H23NO4/c1-3-24(4-2)23(26)18-12-14-19(15-13-18)27-16-22(25)28-21-11-7-9-17-8-5-6-10-20(17)21/h5-15H,3-4,16H2,1-2H3. The van der Waals surface area contributed by atoms with E-state index in [9.17, 15) is 9.59 Å². The van der Waals surface area contributed by atoms with E-state index in [4.69, 9.17) is 9.47 Å². The number of fused-ring (bicyclic) bond motifs is 1. The van der Waals surface area contributed by atoms with Gasteiger partial charge in [0.25, 0.3) is 5.91 Å². The van der Waals surface area contributed by atoms with E-state index in [1.54, 1.807) is 35.2 Å². The van der Waals surface area contributed by atoms with E-state index in [1.165, 1.54) is 0 Å². The fraction of sp³-hybridized carbons (Fsp3) is 0.217. The van der Waals surface area contributed by atoms with Crippen molar-refractivity contribution in [3.63, 3.8) is 0 Å². The summed E-state index contributed by atoms with van der Waals surface area (Å²) in [5, 5.41) is 1.87. The SMILES string of the molecule is CCN(CC)C(=O)c1ccc(OCC(=O)Oc2cccc3ccccc23)cc1. The van der Waals surface area contributed by atoms with Gasteiger partial charge in [0.05, 0.1) is 0 Å². The molecule has 0 aromatic heterocycles. The molecule has 3 aromatic rings. The second-order valence-electron chi connectivity index (χ2n) is 6.24. The Morgan fingerprint density at radius 3 is 2.25 bits per heavy atom. The van der Waals surface area contributed by atoms with Gasteiger partial charge >= 0.3 is 5.97 Å². The van der Waals surface area contributed by atoms with Gasteiger partial charge in [-0.1, -0.05) is 36.4 Å². The lowest BCUT2D eigenvalue weighted by atomic mass is 10.1. The van der Waals surface area contributed by atoms with Gasteiger partial charge in [0.1, 0.15) is 11.5 Å². The van der Waals surface area contributed by atoms with E-state index in [-0.39, 0.29) is 12.5 Å². The molecular formula is C23H23NO4. The van der Waals surface area contributed by atoms with E-state index >= 15 is 0 Å². The number of rotatable bonds is 7. The van der Waals surface area contributed by atoms with Crippen LogP contribution in [0.3, 0.4) is 0 Å². The summed E-state index contributed by atoms with van der Waals surface area (Å²) >= 11 is 0. The Bertz CT molecular complexity index is 957. The van der Waals surface area contributed by atoms with Gasteiger partial charge in [-0.3, -0.25) is 4.79 Å². The third kappa shape index (κ3) is 4.49. The summed E-state index contributed by atoms with van der Waals surface area (Å²) in [6.45, 7) is 4.99. The molecule has 0 saturated carbocycles. The van der Waals surface area contributed by atoms with Crippen LogP contribution in [-0.4, -0.2) is 36.5 Å². The number of carbonyl (C=O) groups excluding carboxylic acids is 2. The molecule has 3 rings (SSSR count). The Morgan fingerprint density at radius 2 is 1.54 bits per heavy atom. The molecule has 144 valence electrons. The van der Waals surface area contributed by atoms with Crippen molar-refractivity contribution >= 4 is 22.6 Å². The molecule has 0 radical (unpaired) electrons. The molecule has 0 saturated heterocycles. The minimum absolute atomic E-state index is 0.0214. The Morgan fingerprint density at radius 1 is 0.857 bits per heavy atom. The summed E-state index contributed by atoms with van der Waals surface area (Å²) in [5.41, 5.74) is 0.592. The van der Waals surface area contributed by atoms with E-state index in [2.05, 4.69) is 0 Å². The molecule has 5 nitrogen and oxygen atoms in total. The van der Waals surface area contributed by atoms with Crippen molar-refractivity contribution in [1.82, 2.24) is 4.90 Å². The number of nitrogens with zero attached hydrogens (tertiary/aromatic N) is 1.